The van der Waals surface area contributed by atoms with E-state index in [1.54, 1.807) is 35.2 Å². The maximum atomic E-state index is 12.8. The van der Waals surface area contributed by atoms with Crippen molar-refractivity contribution in [2.45, 2.75) is 4.90 Å². The van der Waals surface area contributed by atoms with Crippen molar-refractivity contribution < 1.29 is 18.1 Å². The summed E-state index contributed by atoms with van der Waals surface area (Å²) in [7, 11) is -3.63. The number of carbonyl (C=O) groups is 1. The van der Waals surface area contributed by atoms with Crippen LogP contribution in [0.2, 0.25) is 0 Å². The summed E-state index contributed by atoms with van der Waals surface area (Å²) in [4.78, 5) is 24.7. The Hall–Kier alpha value is -2.50. The van der Waals surface area contributed by atoms with Gasteiger partial charge in [0.15, 0.2) is 0 Å². The fourth-order valence-corrected chi connectivity index (χ4v) is 5.04. The first-order valence-electron chi connectivity index (χ1n) is 8.80. The molecule has 11 heteroatoms. The third kappa shape index (κ3) is 4.92. The number of nitro groups is 1. The lowest BCUT2D eigenvalue weighted by Gasteiger charge is -2.34. The molecule has 9 nitrogen and oxygen atoms in total. The summed E-state index contributed by atoms with van der Waals surface area (Å²) in [5.41, 5.74) is 0.159. The number of piperazine rings is 1. The molecule has 1 amide bonds. The molecule has 1 aliphatic heterocycles. The molecule has 2 aromatic carbocycles. The number of hydrogen-bond donors (Lipinski definition) is 1. The van der Waals surface area contributed by atoms with Crippen LogP contribution in [-0.4, -0.2) is 61.2 Å². The van der Waals surface area contributed by atoms with Crippen LogP contribution in [0.4, 0.5) is 11.4 Å². The Morgan fingerprint density at radius 2 is 1.79 bits per heavy atom. The van der Waals surface area contributed by atoms with Gasteiger partial charge in [0.2, 0.25) is 15.9 Å². The third-order valence-electron chi connectivity index (χ3n) is 4.56. The maximum Gasteiger partial charge on any atom is 0.292 e. The number of hydrogen-bond acceptors (Lipinski definition) is 6. The minimum Gasteiger partial charge on any atom is -0.371 e. The molecule has 1 N–H and O–H groups in total. The van der Waals surface area contributed by atoms with E-state index in [1.807, 2.05) is 0 Å². The Balaban J connectivity index is 1.58. The molecule has 0 spiro atoms. The van der Waals surface area contributed by atoms with Crippen molar-refractivity contribution >= 4 is 43.2 Å². The van der Waals surface area contributed by atoms with Crippen molar-refractivity contribution in [3.8, 4) is 0 Å². The van der Waals surface area contributed by atoms with Crippen LogP contribution in [0.3, 0.4) is 0 Å². The maximum absolute atomic E-state index is 12.8. The minimum atomic E-state index is -3.63. The van der Waals surface area contributed by atoms with Crippen LogP contribution >= 0.6 is 15.9 Å². The highest BCUT2D eigenvalue weighted by Gasteiger charge is 2.30. The molecule has 1 heterocycles. The van der Waals surface area contributed by atoms with E-state index < -0.39 is 14.9 Å². The number of para-hydroxylation sites is 2. The summed E-state index contributed by atoms with van der Waals surface area (Å²) in [6.45, 7) is 0.774. The number of benzene rings is 2. The zero-order valence-corrected chi connectivity index (χ0v) is 17.7. The Labute approximate surface area is 176 Å². The number of halogens is 1. The van der Waals surface area contributed by atoms with E-state index in [4.69, 9.17) is 0 Å². The van der Waals surface area contributed by atoms with Gasteiger partial charge in [-0.25, -0.2) is 8.42 Å². The first-order valence-corrected chi connectivity index (χ1v) is 11.0. The van der Waals surface area contributed by atoms with Gasteiger partial charge in [-0.15, -0.1) is 0 Å². The number of nitrogens with one attached hydrogen (secondary N) is 1. The number of anilines is 1. The summed E-state index contributed by atoms with van der Waals surface area (Å²) < 4.78 is 27.5. The molecule has 29 heavy (non-hydrogen) atoms. The predicted molar refractivity (Wildman–Crippen MR) is 111 cm³/mol. The fraction of sp³-hybridized carbons (Fsp3) is 0.278. The molecular formula is C18H19BrN4O5S. The highest BCUT2D eigenvalue weighted by atomic mass is 79.9. The fourth-order valence-electron chi connectivity index (χ4n) is 3.02. The van der Waals surface area contributed by atoms with Gasteiger partial charge in [-0.1, -0.05) is 34.1 Å². The van der Waals surface area contributed by atoms with E-state index in [9.17, 15) is 23.3 Å². The average molecular weight is 483 g/mol. The quantitative estimate of drug-likeness (QED) is 0.499. The summed E-state index contributed by atoms with van der Waals surface area (Å²) in [6.07, 6.45) is 0. The predicted octanol–water partition coefficient (Wildman–Crippen LogP) is 2.30. The van der Waals surface area contributed by atoms with Crippen molar-refractivity contribution in [2.24, 2.45) is 0 Å². The van der Waals surface area contributed by atoms with Gasteiger partial charge < -0.3 is 10.2 Å². The molecule has 0 radical (unpaired) electrons. The van der Waals surface area contributed by atoms with Gasteiger partial charge in [0.25, 0.3) is 5.69 Å². The van der Waals surface area contributed by atoms with Gasteiger partial charge >= 0.3 is 0 Å². The first-order chi connectivity index (χ1) is 13.8. The van der Waals surface area contributed by atoms with E-state index in [0.717, 1.165) is 0 Å². The Bertz CT molecular complexity index is 1020. The van der Waals surface area contributed by atoms with Gasteiger partial charge in [-0.3, -0.25) is 14.9 Å². The average Bonchev–Trinajstić information content (AvgIpc) is 2.72. The smallest absolute Gasteiger partial charge is 0.292 e. The molecule has 0 atom stereocenters. The Morgan fingerprint density at radius 1 is 1.10 bits per heavy atom. The van der Waals surface area contributed by atoms with Crippen molar-refractivity contribution in [3.05, 3.63) is 63.1 Å². The van der Waals surface area contributed by atoms with Crippen LogP contribution in [0.5, 0.6) is 0 Å². The molecule has 154 valence electrons. The van der Waals surface area contributed by atoms with Crippen molar-refractivity contribution in [3.63, 3.8) is 0 Å². The Kier molecular flexibility index (Phi) is 6.50. The minimum absolute atomic E-state index is 0.106. The van der Waals surface area contributed by atoms with Crippen LogP contribution in [0.1, 0.15) is 0 Å². The number of rotatable bonds is 6. The van der Waals surface area contributed by atoms with Crippen molar-refractivity contribution in [1.82, 2.24) is 9.21 Å². The molecule has 0 saturated carbocycles. The lowest BCUT2D eigenvalue weighted by Crippen LogP contribution is -2.51. The highest BCUT2D eigenvalue weighted by Crippen LogP contribution is 2.23. The molecule has 1 saturated heterocycles. The molecule has 2 aromatic rings. The number of nitro benzene ring substituents is 1. The molecule has 0 bridgehead atoms. The number of carbonyl (C=O) groups excluding carboxylic acids is 1. The van der Waals surface area contributed by atoms with Crippen LogP contribution in [0, 0.1) is 10.1 Å². The molecular weight excluding hydrogens is 464 g/mol. The molecule has 1 fully saturated rings. The normalized spacial score (nSPS) is 15.1. The second-order valence-electron chi connectivity index (χ2n) is 6.37. The lowest BCUT2D eigenvalue weighted by atomic mass is 10.2. The SMILES string of the molecule is O=C(CNc1ccccc1[N+](=O)[O-])N1CCN(S(=O)(=O)c2cccc(Br)c2)CC1. The van der Waals surface area contributed by atoms with E-state index in [1.165, 1.54) is 22.5 Å². The first kappa shape index (κ1) is 21.2. The second-order valence-corrected chi connectivity index (χ2v) is 9.22. The number of nitrogens with zero attached hydrogens (tertiary/aromatic N) is 3. The lowest BCUT2D eigenvalue weighted by molar-refractivity contribution is -0.383. The second kappa shape index (κ2) is 8.89. The molecule has 3 rings (SSSR count). The molecule has 0 aliphatic carbocycles. The summed E-state index contributed by atoms with van der Waals surface area (Å²) in [5, 5.41) is 13.8. The summed E-state index contributed by atoms with van der Waals surface area (Å²) >= 11 is 3.27. The van der Waals surface area contributed by atoms with E-state index in [0.29, 0.717) is 4.47 Å². The largest absolute Gasteiger partial charge is 0.371 e. The van der Waals surface area contributed by atoms with Gasteiger partial charge in [-0.2, -0.15) is 4.31 Å². The zero-order chi connectivity index (χ0) is 21.0. The van der Waals surface area contributed by atoms with Crippen LogP contribution in [-0.2, 0) is 14.8 Å². The van der Waals surface area contributed by atoms with Gasteiger partial charge in [-0.05, 0) is 24.3 Å². The van der Waals surface area contributed by atoms with Crippen LogP contribution in [0.25, 0.3) is 0 Å². The van der Waals surface area contributed by atoms with Gasteiger partial charge in [0.05, 0.1) is 16.4 Å². The highest BCUT2D eigenvalue weighted by molar-refractivity contribution is 9.10. The van der Waals surface area contributed by atoms with Crippen molar-refractivity contribution in [2.75, 3.05) is 38.0 Å². The van der Waals surface area contributed by atoms with Crippen molar-refractivity contribution in [1.29, 1.82) is 0 Å². The van der Waals surface area contributed by atoms with Gasteiger partial charge in [0.1, 0.15) is 5.69 Å². The monoisotopic (exact) mass is 482 g/mol. The standard InChI is InChI=1S/C18H19BrN4O5S/c19-14-4-3-5-15(12-14)29(27,28)22-10-8-21(9-11-22)18(24)13-20-16-6-1-2-7-17(16)23(25)26/h1-7,12,20H,8-11,13H2. The van der Waals surface area contributed by atoms with E-state index in [2.05, 4.69) is 21.2 Å². The topological polar surface area (TPSA) is 113 Å². The molecule has 1 aliphatic rings. The summed E-state index contributed by atoms with van der Waals surface area (Å²) in [6, 6.07) is 12.6. The summed E-state index contributed by atoms with van der Waals surface area (Å²) in [5.74, 6) is -0.248. The van der Waals surface area contributed by atoms with Gasteiger partial charge in [0, 0.05) is 36.7 Å². The van der Waals surface area contributed by atoms with Crippen LogP contribution in [0.15, 0.2) is 57.9 Å². The number of amides is 1. The van der Waals surface area contributed by atoms with E-state index in [-0.39, 0.29) is 54.9 Å². The van der Waals surface area contributed by atoms with E-state index >= 15 is 0 Å². The zero-order valence-electron chi connectivity index (χ0n) is 15.3. The number of sulfonamides is 1. The van der Waals surface area contributed by atoms with Crippen LogP contribution < -0.4 is 5.32 Å². The Morgan fingerprint density at radius 3 is 2.45 bits per heavy atom. The third-order valence-corrected chi connectivity index (χ3v) is 6.94. The molecule has 0 unspecified atom stereocenters. The molecule has 0 aromatic heterocycles.